The minimum atomic E-state index is -0.787. The molecule has 0 saturated carbocycles. The molecule has 2 atom stereocenters. The van der Waals surface area contributed by atoms with Gasteiger partial charge in [-0.25, -0.2) is 0 Å². The summed E-state index contributed by atoms with van der Waals surface area (Å²) in [6.45, 7) is 2.52. The van der Waals surface area contributed by atoms with Gasteiger partial charge in [0.1, 0.15) is 18.4 Å². The fourth-order valence-corrected chi connectivity index (χ4v) is 3.36. The van der Waals surface area contributed by atoms with Crippen LogP contribution in [0.1, 0.15) is 34.8 Å². The van der Waals surface area contributed by atoms with E-state index in [1.54, 1.807) is 13.1 Å². The van der Waals surface area contributed by atoms with Crippen molar-refractivity contribution in [3.05, 3.63) is 41.2 Å². The zero-order valence-corrected chi connectivity index (χ0v) is 14.6. The van der Waals surface area contributed by atoms with Gasteiger partial charge in [-0.3, -0.25) is 14.7 Å². The molecular weight excluding hydrogens is 336 g/mol. The van der Waals surface area contributed by atoms with Gasteiger partial charge in [0.05, 0.1) is 24.1 Å². The van der Waals surface area contributed by atoms with Crippen molar-refractivity contribution in [2.24, 2.45) is 0 Å². The topological polar surface area (TPSA) is 96.6 Å². The van der Waals surface area contributed by atoms with E-state index in [0.29, 0.717) is 30.2 Å². The third-order valence-corrected chi connectivity index (χ3v) is 4.81. The first-order chi connectivity index (χ1) is 12.6. The number of aromatic nitrogens is 2. The summed E-state index contributed by atoms with van der Waals surface area (Å²) in [5, 5.41) is 9.78. The Morgan fingerprint density at radius 1 is 1.38 bits per heavy atom. The number of nitrogens with zero attached hydrogens (tertiary/aromatic N) is 2. The predicted molar refractivity (Wildman–Crippen MR) is 93.3 cm³/mol. The summed E-state index contributed by atoms with van der Waals surface area (Å²) in [6, 6.07) is 6.50. The summed E-state index contributed by atoms with van der Waals surface area (Å²) < 4.78 is 11.3. The first-order valence-corrected chi connectivity index (χ1v) is 8.55. The molecule has 2 aliphatic heterocycles. The maximum Gasteiger partial charge on any atom is 0.272 e. The Balaban J connectivity index is 1.55. The van der Waals surface area contributed by atoms with E-state index in [0.717, 1.165) is 11.3 Å². The van der Waals surface area contributed by atoms with Gasteiger partial charge < -0.3 is 19.7 Å². The highest BCUT2D eigenvalue weighted by Gasteiger charge is 2.33. The average Bonchev–Trinajstić information content (AvgIpc) is 3.05. The second-order valence-electron chi connectivity index (χ2n) is 6.43. The molecule has 3 heterocycles. The van der Waals surface area contributed by atoms with Crippen molar-refractivity contribution in [3.8, 4) is 5.75 Å². The Bertz CT molecular complexity index is 863. The van der Waals surface area contributed by atoms with Crippen molar-refractivity contribution in [1.82, 2.24) is 15.5 Å². The minimum absolute atomic E-state index is 0.0675. The standard InChI is InChI=1S/C18H20N4O4/c1-10-15-11(7-8-25-10)16(21-20-15)17(23)19-12-9-26-14-6-4-3-5-13(14)22(2)18(12)24/h3-6,10,12H,7-9H2,1-2H3,(H,19,23)(H,20,21). The van der Waals surface area contributed by atoms with Gasteiger partial charge in [0, 0.05) is 19.0 Å². The number of aromatic amines is 1. The number of rotatable bonds is 2. The summed E-state index contributed by atoms with van der Waals surface area (Å²) in [5.41, 5.74) is 2.65. The molecule has 1 aromatic heterocycles. The van der Waals surface area contributed by atoms with Gasteiger partial charge in [0.2, 0.25) is 0 Å². The predicted octanol–water partition coefficient (Wildman–Crippen LogP) is 1.20. The highest BCUT2D eigenvalue weighted by Crippen LogP contribution is 2.30. The monoisotopic (exact) mass is 356 g/mol. The summed E-state index contributed by atoms with van der Waals surface area (Å²) in [4.78, 5) is 27.0. The van der Waals surface area contributed by atoms with Crippen LogP contribution in [0.15, 0.2) is 24.3 Å². The van der Waals surface area contributed by atoms with Gasteiger partial charge in [-0.15, -0.1) is 0 Å². The molecule has 2 aliphatic rings. The summed E-state index contributed by atoms with van der Waals surface area (Å²) in [6.07, 6.45) is 0.482. The van der Waals surface area contributed by atoms with Crippen LogP contribution in [0, 0.1) is 0 Å². The summed E-state index contributed by atoms with van der Waals surface area (Å²) >= 11 is 0. The number of carbonyl (C=O) groups is 2. The van der Waals surface area contributed by atoms with Crippen molar-refractivity contribution < 1.29 is 19.1 Å². The number of ether oxygens (including phenoxy) is 2. The van der Waals surface area contributed by atoms with Crippen LogP contribution in [0.2, 0.25) is 0 Å². The number of fused-ring (bicyclic) bond motifs is 2. The average molecular weight is 356 g/mol. The van der Waals surface area contributed by atoms with E-state index in [9.17, 15) is 9.59 Å². The minimum Gasteiger partial charge on any atom is -0.489 e. The van der Waals surface area contributed by atoms with Gasteiger partial charge in [0.15, 0.2) is 5.69 Å². The van der Waals surface area contributed by atoms with Crippen LogP contribution in [-0.4, -0.2) is 48.3 Å². The first kappa shape index (κ1) is 16.6. The Morgan fingerprint density at radius 2 is 2.19 bits per heavy atom. The Morgan fingerprint density at radius 3 is 3.04 bits per heavy atom. The number of hydrogen-bond acceptors (Lipinski definition) is 5. The van der Waals surface area contributed by atoms with Crippen LogP contribution in [0.3, 0.4) is 0 Å². The van der Waals surface area contributed by atoms with Crippen LogP contribution >= 0.6 is 0 Å². The number of amides is 2. The molecule has 2 amide bonds. The van der Waals surface area contributed by atoms with Crippen molar-refractivity contribution in [1.29, 1.82) is 0 Å². The summed E-state index contributed by atoms with van der Waals surface area (Å²) in [7, 11) is 1.67. The number of benzene rings is 1. The van der Waals surface area contributed by atoms with E-state index in [2.05, 4.69) is 15.5 Å². The number of carbonyl (C=O) groups excluding carboxylic acids is 2. The second kappa shape index (κ2) is 6.45. The molecule has 8 heteroatoms. The number of nitrogens with one attached hydrogen (secondary N) is 2. The van der Waals surface area contributed by atoms with E-state index in [-0.39, 0.29) is 18.6 Å². The number of anilines is 1. The third-order valence-electron chi connectivity index (χ3n) is 4.81. The van der Waals surface area contributed by atoms with Crippen molar-refractivity contribution in [2.45, 2.75) is 25.5 Å². The van der Waals surface area contributed by atoms with Gasteiger partial charge in [-0.1, -0.05) is 12.1 Å². The van der Waals surface area contributed by atoms with Crippen LogP contribution in [0.5, 0.6) is 5.75 Å². The van der Waals surface area contributed by atoms with E-state index in [1.165, 1.54) is 4.90 Å². The number of H-pyrrole nitrogens is 1. The molecule has 0 saturated heterocycles. The molecule has 26 heavy (non-hydrogen) atoms. The van der Waals surface area contributed by atoms with E-state index in [4.69, 9.17) is 9.47 Å². The lowest BCUT2D eigenvalue weighted by atomic mass is 10.0. The molecule has 1 aromatic carbocycles. The normalized spacial score (nSPS) is 22.1. The third kappa shape index (κ3) is 2.72. The van der Waals surface area contributed by atoms with Crippen molar-refractivity contribution in [3.63, 3.8) is 0 Å². The maximum absolute atomic E-state index is 12.7. The van der Waals surface area contributed by atoms with E-state index >= 15 is 0 Å². The SMILES string of the molecule is CC1OCCc2c(C(=O)NC3COc4ccccc4N(C)C3=O)n[nH]c21. The van der Waals surface area contributed by atoms with Crippen molar-refractivity contribution >= 4 is 17.5 Å². The Hall–Kier alpha value is -2.87. The quantitative estimate of drug-likeness (QED) is 0.843. The molecule has 2 aromatic rings. The molecule has 8 nitrogen and oxygen atoms in total. The largest absolute Gasteiger partial charge is 0.489 e. The molecule has 2 N–H and O–H groups in total. The molecule has 0 radical (unpaired) electrons. The van der Waals surface area contributed by atoms with Crippen molar-refractivity contribution in [2.75, 3.05) is 25.2 Å². The maximum atomic E-state index is 12.7. The fraction of sp³-hybridized carbons (Fsp3) is 0.389. The number of hydrogen-bond donors (Lipinski definition) is 2. The fourth-order valence-electron chi connectivity index (χ4n) is 3.36. The Labute approximate surface area is 150 Å². The molecule has 0 aliphatic carbocycles. The van der Waals surface area contributed by atoms with E-state index in [1.807, 2.05) is 25.1 Å². The zero-order chi connectivity index (χ0) is 18.3. The molecule has 2 unspecified atom stereocenters. The van der Waals surface area contributed by atoms with Gasteiger partial charge in [0.25, 0.3) is 11.8 Å². The van der Waals surface area contributed by atoms with Crippen LogP contribution in [0.4, 0.5) is 5.69 Å². The molecule has 0 spiro atoms. The first-order valence-electron chi connectivity index (χ1n) is 8.55. The smallest absolute Gasteiger partial charge is 0.272 e. The number of likely N-dealkylation sites (N-methyl/N-ethyl adjacent to an activating group) is 1. The molecule has 0 bridgehead atoms. The second-order valence-corrected chi connectivity index (χ2v) is 6.43. The van der Waals surface area contributed by atoms with E-state index < -0.39 is 11.9 Å². The highest BCUT2D eigenvalue weighted by molar-refractivity contribution is 6.03. The van der Waals surface area contributed by atoms with Gasteiger partial charge >= 0.3 is 0 Å². The summed E-state index contributed by atoms with van der Waals surface area (Å²) in [5.74, 6) is -0.00877. The van der Waals surface area contributed by atoms with Crippen LogP contribution < -0.4 is 15.0 Å². The lowest BCUT2D eigenvalue weighted by Crippen LogP contribution is -2.49. The molecule has 0 fully saturated rings. The van der Waals surface area contributed by atoms with Crippen LogP contribution in [-0.2, 0) is 16.0 Å². The van der Waals surface area contributed by atoms with Gasteiger partial charge in [-0.05, 0) is 19.1 Å². The molecule has 136 valence electrons. The zero-order valence-electron chi connectivity index (χ0n) is 14.6. The van der Waals surface area contributed by atoms with Gasteiger partial charge in [-0.2, -0.15) is 5.10 Å². The lowest BCUT2D eigenvalue weighted by Gasteiger charge is -2.21. The highest BCUT2D eigenvalue weighted by atomic mass is 16.5. The molecule has 4 rings (SSSR count). The number of para-hydroxylation sites is 2. The lowest BCUT2D eigenvalue weighted by molar-refractivity contribution is -0.120. The molecular formula is C18H20N4O4. The Kier molecular flexibility index (Phi) is 4.12. The van der Waals surface area contributed by atoms with Crippen LogP contribution in [0.25, 0.3) is 0 Å².